The molecular weight excluding hydrogens is 374 g/mol. The van der Waals surface area contributed by atoms with Crippen molar-refractivity contribution in [3.63, 3.8) is 0 Å². The smallest absolute Gasteiger partial charge is 0.257 e. The highest BCUT2D eigenvalue weighted by molar-refractivity contribution is 5.95. The fraction of sp³-hybridized carbons (Fsp3) is 0.667. The van der Waals surface area contributed by atoms with Crippen molar-refractivity contribution in [2.24, 2.45) is 11.7 Å². The standard InChI is InChI=1S/C21H31N3O5/c1-14-12-18(15(2)29-14)21(27)24(13-17-4-3-11-28-17)10-7-19(25)23-8-5-16(6-9-23)20(22)26/h12,16-17H,3-11,13H2,1-2H3,(H2,22,26). The number of likely N-dealkylation sites (tertiary alicyclic amines) is 1. The average Bonchev–Trinajstić information content (AvgIpc) is 3.33. The fourth-order valence-corrected chi connectivity index (χ4v) is 4.13. The van der Waals surface area contributed by atoms with Crippen molar-refractivity contribution in [2.75, 3.05) is 32.8 Å². The number of piperidine rings is 1. The lowest BCUT2D eigenvalue weighted by Gasteiger charge is -2.32. The number of rotatable bonds is 7. The molecule has 3 rings (SSSR count). The van der Waals surface area contributed by atoms with Gasteiger partial charge in [-0.1, -0.05) is 0 Å². The largest absolute Gasteiger partial charge is 0.466 e. The van der Waals surface area contributed by atoms with Gasteiger partial charge in [0.2, 0.25) is 11.8 Å². The van der Waals surface area contributed by atoms with Gasteiger partial charge in [0.05, 0.1) is 11.7 Å². The van der Waals surface area contributed by atoms with E-state index in [1.807, 2.05) is 6.92 Å². The van der Waals surface area contributed by atoms with Crippen LogP contribution in [0, 0.1) is 19.8 Å². The van der Waals surface area contributed by atoms with E-state index in [1.54, 1.807) is 22.8 Å². The Morgan fingerprint density at radius 1 is 1.21 bits per heavy atom. The number of hydrogen-bond acceptors (Lipinski definition) is 5. The van der Waals surface area contributed by atoms with Gasteiger partial charge in [0.25, 0.3) is 5.91 Å². The molecule has 2 aliphatic rings. The van der Waals surface area contributed by atoms with Crippen molar-refractivity contribution in [1.82, 2.24) is 9.80 Å². The summed E-state index contributed by atoms with van der Waals surface area (Å²) in [6.07, 6.45) is 3.37. The number of carbonyl (C=O) groups is 3. The molecule has 0 radical (unpaired) electrons. The monoisotopic (exact) mass is 405 g/mol. The molecule has 2 aliphatic heterocycles. The zero-order chi connectivity index (χ0) is 21.0. The quantitative estimate of drug-likeness (QED) is 0.742. The topological polar surface area (TPSA) is 106 Å². The molecule has 0 aliphatic carbocycles. The lowest BCUT2D eigenvalue weighted by molar-refractivity contribution is -0.135. The van der Waals surface area contributed by atoms with Crippen LogP contribution in [0.3, 0.4) is 0 Å². The molecular formula is C21H31N3O5. The summed E-state index contributed by atoms with van der Waals surface area (Å²) in [5.74, 6) is 0.703. The zero-order valence-corrected chi connectivity index (χ0v) is 17.3. The maximum atomic E-state index is 13.1. The molecule has 2 N–H and O–H groups in total. The van der Waals surface area contributed by atoms with Crippen LogP contribution in [0.15, 0.2) is 10.5 Å². The Hall–Kier alpha value is -2.35. The minimum atomic E-state index is -0.295. The Balaban J connectivity index is 1.60. The fourth-order valence-electron chi connectivity index (χ4n) is 4.13. The molecule has 3 amide bonds. The van der Waals surface area contributed by atoms with E-state index in [9.17, 15) is 14.4 Å². The summed E-state index contributed by atoms with van der Waals surface area (Å²) < 4.78 is 11.2. The molecule has 1 aromatic heterocycles. The van der Waals surface area contributed by atoms with E-state index >= 15 is 0 Å². The number of nitrogens with zero attached hydrogens (tertiary/aromatic N) is 2. The third-order valence-electron chi connectivity index (χ3n) is 5.85. The Kier molecular flexibility index (Phi) is 6.95. The van der Waals surface area contributed by atoms with Gasteiger partial charge in [-0.15, -0.1) is 0 Å². The molecule has 0 saturated carbocycles. The summed E-state index contributed by atoms with van der Waals surface area (Å²) in [6.45, 7) is 6.17. The average molecular weight is 405 g/mol. The first-order valence-electron chi connectivity index (χ1n) is 10.4. The Morgan fingerprint density at radius 2 is 1.93 bits per heavy atom. The molecule has 1 aromatic rings. The van der Waals surface area contributed by atoms with Crippen LogP contribution in [0.2, 0.25) is 0 Å². The van der Waals surface area contributed by atoms with Gasteiger partial charge < -0.3 is 24.7 Å². The minimum absolute atomic E-state index is 0.00171. The molecule has 3 heterocycles. The van der Waals surface area contributed by atoms with E-state index in [-0.39, 0.29) is 36.2 Å². The second-order valence-corrected chi connectivity index (χ2v) is 8.02. The molecule has 8 nitrogen and oxygen atoms in total. The van der Waals surface area contributed by atoms with Crippen LogP contribution in [0.1, 0.15) is 54.0 Å². The van der Waals surface area contributed by atoms with Gasteiger partial charge in [-0.3, -0.25) is 14.4 Å². The summed E-state index contributed by atoms with van der Waals surface area (Å²) in [5.41, 5.74) is 5.90. The molecule has 0 aromatic carbocycles. The van der Waals surface area contributed by atoms with Crippen LogP contribution in [0.5, 0.6) is 0 Å². The van der Waals surface area contributed by atoms with E-state index in [1.165, 1.54) is 0 Å². The van der Waals surface area contributed by atoms with Gasteiger partial charge in [0, 0.05) is 45.1 Å². The van der Waals surface area contributed by atoms with Gasteiger partial charge in [0.15, 0.2) is 0 Å². The normalized spacial score (nSPS) is 20.1. The van der Waals surface area contributed by atoms with Crippen LogP contribution >= 0.6 is 0 Å². The first kappa shape index (κ1) is 21.4. The number of aryl methyl sites for hydroxylation is 2. The third-order valence-corrected chi connectivity index (χ3v) is 5.85. The van der Waals surface area contributed by atoms with Gasteiger partial charge in [-0.05, 0) is 45.6 Å². The van der Waals surface area contributed by atoms with Crippen LogP contribution in [-0.4, -0.2) is 66.4 Å². The second kappa shape index (κ2) is 9.43. The predicted octanol–water partition coefficient (Wildman–Crippen LogP) is 1.63. The van der Waals surface area contributed by atoms with Gasteiger partial charge in [-0.2, -0.15) is 0 Å². The van der Waals surface area contributed by atoms with Crippen molar-refractivity contribution < 1.29 is 23.5 Å². The lowest BCUT2D eigenvalue weighted by Crippen LogP contribution is -2.44. The number of ether oxygens (including phenoxy) is 1. The maximum Gasteiger partial charge on any atom is 0.257 e. The van der Waals surface area contributed by atoms with E-state index in [4.69, 9.17) is 14.9 Å². The molecule has 0 bridgehead atoms. The highest BCUT2D eigenvalue weighted by Gasteiger charge is 2.29. The summed E-state index contributed by atoms with van der Waals surface area (Å²) in [6, 6.07) is 1.75. The number of amides is 3. The lowest BCUT2D eigenvalue weighted by atomic mass is 9.96. The van der Waals surface area contributed by atoms with Crippen LogP contribution in [0.25, 0.3) is 0 Å². The Labute approximate surface area is 171 Å². The van der Waals surface area contributed by atoms with Crippen molar-refractivity contribution in [1.29, 1.82) is 0 Å². The van der Waals surface area contributed by atoms with Crippen LogP contribution in [-0.2, 0) is 14.3 Å². The number of carbonyl (C=O) groups excluding carboxylic acids is 3. The summed E-state index contributed by atoms with van der Waals surface area (Å²) in [7, 11) is 0. The number of hydrogen-bond donors (Lipinski definition) is 1. The highest BCUT2D eigenvalue weighted by Crippen LogP contribution is 2.21. The minimum Gasteiger partial charge on any atom is -0.466 e. The number of furan rings is 1. The molecule has 0 spiro atoms. The first-order valence-corrected chi connectivity index (χ1v) is 10.4. The van der Waals surface area contributed by atoms with Crippen molar-refractivity contribution in [2.45, 2.75) is 52.1 Å². The van der Waals surface area contributed by atoms with Crippen molar-refractivity contribution >= 4 is 17.7 Å². The molecule has 160 valence electrons. The Bertz CT molecular complexity index is 745. The maximum absolute atomic E-state index is 13.1. The van der Waals surface area contributed by atoms with Crippen LogP contribution in [0.4, 0.5) is 0 Å². The van der Waals surface area contributed by atoms with E-state index in [0.717, 1.165) is 12.8 Å². The summed E-state index contributed by atoms with van der Waals surface area (Å²) in [4.78, 5) is 40.6. The van der Waals surface area contributed by atoms with Crippen LogP contribution < -0.4 is 5.73 Å². The SMILES string of the molecule is Cc1cc(C(=O)N(CCC(=O)N2CCC(C(N)=O)CC2)CC2CCCO2)c(C)o1. The van der Waals surface area contributed by atoms with E-state index in [2.05, 4.69) is 0 Å². The first-order chi connectivity index (χ1) is 13.8. The molecule has 2 fully saturated rings. The third kappa shape index (κ3) is 5.38. The summed E-state index contributed by atoms with van der Waals surface area (Å²) >= 11 is 0. The molecule has 29 heavy (non-hydrogen) atoms. The van der Waals surface area contributed by atoms with E-state index in [0.29, 0.717) is 62.7 Å². The van der Waals surface area contributed by atoms with Crippen molar-refractivity contribution in [3.8, 4) is 0 Å². The molecule has 8 heteroatoms. The highest BCUT2D eigenvalue weighted by atomic mass is 16.5. The van der Waals surface area contributed by atoms with Gasteiger partial charge in [-0.25, -0.2) is 0 Å². The molecule has 2 saturated heterocycles. The van der Waals surface area contributed by atoms with E-state index < -0.39 is 0 Å². The zero-order valence-electron chi connectivity index (χ0n) is 17.3. The summed E-state index contributed by atoms with van der Waals surface area (Å²) in [5, 5.41) is 0. The second-order valence-electron chi connectivity index (χ2n) is 8.02. The van der Waals surface area contributed by atoms with Gasteiger partial charge >= 0.3 is 0 Å². The predicted molar refractivity (Wildman–Crippen MR) is 106 cm³/mol. The molecule has 1 atom stereocenters. The molecule has 1 unspecified atom stereocenters. The van der Waals surface area contributed by atoms with Crippen molar-refractivity contribution in [3.05, 3.63) is 23.2 Å². The van der Waals surface area contributed by atoms with Gasteiger partial charge in [0.1, 0.15) is 11.5 Å². The Morgan fingerprint density at radius 3 is 2.48 bits per heavy atom. The number of nitrogens with two attached hydrogens (primary N) is 1. The number of primary amides is 1.